The van der Waals surface area contributed by atoms with Crippen molar-refractivity contribution >= 4 is 5.95 Å². The fourth-order valence-electron chi connectivity index (χ4n) is 6.30. The lowest BCUT2D eigenvalue weighted by molar-refractivity contribution is -0.394. The monoisotopic (exact) mass is 1380 g/mol. The minimum Gasteiger partial charge on any atom is -0.390 e. The molecule has 3 aromatic carbocycles. The SMILES string of the molecule is Cc1c(C)c(F)c(F)c(F)c1F.Cc1c(F)c(C)c(F)c(F)c1F.Cc1c(F)c(F)c(C)c(F)c1F.Cc1nc(C)c(F)c(F)n1.Cc1nc(C)nc(C#N)n1.Cc1nc(C)nc(F)n1.Cc1nc(C)nc([N+](=O)[O-])n1.Cc1nc(F)c(C)c(F)n1.Cc1nc(F)nc(F)c1C. The zero-order chi connectivity index (χ0) is 74.4. The van der Waals surface area contributed by atoms with Gasteiger partial charge >= 0.3 is 18.1 Å². The zero-order valence-corrected chi connectivity index (χ0v) is 53.6. The van der Waals surface area contributed by atoms with Crippen molar-refractivity contribution in [3.63, 3.8) is 0 Å². The molecule has 0 aliphatic heterocycles. The van der Waals surface area contributed by atoms with Crippen LogP contribution in [0.25, 0.3) is 0 Å². The third-order valence-corrected chi connectivity index (χ3v) is 11.5. The molecular formula is C58H54F19N17O2. The van der Waals surface area contributed by atoms with Crippen molar-refractivity contribution < 1.29 is 88.3 Å². The second kappa shape index (κ2) is 37.4. The van der Waals surface area contributed by atoms with Crippen LogP contribution in [0, 0.1) is 258 Å². The first-order valence-electron chi connectivity index (χ1n) is 26.4. The van der Waals surface area contributed by atoms with Crippen molar-refractivity contribution in [3.8, 4) is 6.07 Å². The Morgan fingerprint density at radius 3 is 0.865 bits per heavy atom. The van der Waals surface area contributed by atoms with Crippen LogP contribution in [-0.4, -0.2) is 79.7 Å². The van der Waals surface area contributed by atoms with Crippen molar-refractivity contribution in [2.75, 3.05) is 0 Å². The van der Waals surface area contributed by atoms with E-state index in [1.165, 1.54) is 55.4 Å². The van der Waals surface area contributed by atoms with E-state index in [4.69, 9.17) is 5.26 Å². The van der Waals surface area contributed by atoms with Gasteiger partial charge in [0.25, 0.3) is 5.95 Å². The quantitative estimate of drug-likeness (QED) is 0.0281. The van der Waals surface area contributed by atoms with Gasteiger partial charge in [0.1, 0.15) is 46.8 Å². The summed E-state index contributed by atoms with van der Waals surface area (Å²) >= 11 is 0. The van der Waals surface area contributed by atoms with E-state index in [9.17, 15) is 93.5 Å². The molecule has 0 spiro atoms. The number of benzene rings is 3. The predicted molar refractivity (Wildman–Crippen MR) is 301 cm³/mol. The molecule has 6 heterocycles. The van der Waals surface area contributed by atoms with Gasteiger partial charge in [0.05, 0.1) is 11.3 Å². The van der Waals surface area contributed by atoms with Crippen molar-refractivity contribution in [1.82, 2.24) is 74.8 Å². The summed E-state index contributed by atoms with van der Waals surface area (Å²) < 4.78 is 238. The molecule has 0 fully saturated rings. The summed E-state index contributed by atoms with van der Waals surface area (Å²) in [5, 5.41) is 18.5. The van der Waals surface area contributed by atoms with Gasteiger partial charge in [-0.05, 0) is 127 Å². The van der Waals surface area contributed by atoms with E-state index in [-0.39, 0.29) is 39.9 Å². The van der Waals surface area contributed by atoms with E-state index in [1.807, 2.05) is 6.07 Å². The van der Waals surface area contributed by atoms with Gasteiger partial charge in [-0.15, -0.1) is 0 Å². The maximum Gasteiger partial charge on any atom is 0.472 e. The molecule has 6 aromatic heterocycles. The van der Waals surface area contributed by atoms with Crippen LogP contribution >= 0.6 is 0 Å². The first-order valence-corrected chi connectivity index (χ1v) is 26.4. The minimum atomic E-state index is -1.75. The van der Waals surface area contributed by atoms with E-state index in [2.05, 4.69) is 74.8 Å². The molecule has 0 saturated heterocycles. The molecule has 0 N–H and O–H groups in total. The van der Waals surface area contributed by atoms with Crippen LogP contribution in [0.5, 0.6) is 0 Å². The lowest BCUT2D eigenvalue weighted by atomic mass is 10.1. The molecule has 9 aromatic rings. The van der Waals surface area contributed by atoms with Crippen LogP contribution in [0.3, 0.4) is 0 Å². The highest BCUT2D eigenvalue weighted by Gasteiger charge is 2.22. The van der Waals surface area contributed by atoms with Crippen LogP contribution in [0.2, 0.25) is 0 Å². The Kier molecular flexibility index (Phi) is 32.5. The predicted octanol–water partition coefficient (Wildman–Crippen LogP) is 14.1. The Morgan fingerprint density at radius 2 is 0.531 bits per heavy atom. The van der Waals surface area contributed by atoms with Gasteiger partial charge in [0.2, 0.25) is 35.3 Å². The molecule has 0 saturated carbocycles. The maximum absolute atomic E-state index is 12.8. The number of nitro groups is 1. The molecule has 0 amide bonds. The van der Waals surface area contributed by atoms with Crippen LogP contribution < -0.4 is 0 Å². The average Bonchev–Trinajstić information content (AvgIpc) is 0.824. The number of hydrogen-bond donors (Lipinski definition) is 0. The zero-order valence-electron chi connectivity index (χ0n) is 53.6. The number of halogens is 19. The molecule has 38 heteroatoms. The highest BCUT2D eigenvalue weighted by molar-refractivity contribution is 5.31. The van der Waals surface area contributed by atoms with Crippen LogP contribution in [0.1, 0.15) is 108 Å². The van der Waals surface area contributed by atoms with Gasteiger partial charge in [0.15, 0.2) is 69.8 Å². The summed E-state index contributed by atoms with van der Waals surface area (Å²) in [4.78, 5) is 61.9. The molecule has 516 valence electrons. The number of aryl methyl sites for hydroxylation is 10. The number of hydrogen-bond acceptors (Lipinski definition) is 18. The number of nitrogens with zero attached hydrogens (tertiary/aromatic N) is 17. The van der Waals surface area contributed by atoms with Crippen molar-refractivity contribution in [2.24, 2.45) is 0 Å². The molecule has 0 aliphatic rings. The van der Waals surface area contributed by atoms with Crippen molar-refractivity contribution in [1.29, 1.82) is 5.26 Å². The Bertz CT molecular complexity index is 3550. The number of aromatic nitrogens is 15. The molecule has 0 bridgehead atoms. The Morgan fingerprint density at radius 1 is 0.260 bits per heavy atom. The van der Waals surface area contributed by atoms with Crippen molar-refractivity contribution in [2.45, 2.75) is 125 Å². The topological polar surface area (TPSA) is 260 Å². The molecule has 0 radical (unpaired) electrons. The molecule has 9 rings (SSSR count). The van der Waals surface area contributed by atoms with Crippen LogP contribution in [-0.2, 0) is 0 Å². The van der Waals surface area contributed by atoms with Crippen LogP contribution in [0.15, 0.2) is 0 Å². The number of nitriles is 1. The van der Waals surface area contributed by atoms with E-state index in [0.717, 1.165) is 27.7 Å². The summed E-state index contributed by atoms with van der Waals surface area (Å²) in [6.07, 6.45) is -1.72. The number of rotatable bonds is 1. The molecule has 19 nitrogen and oxygen atoms in total. The van der Waals surface area contributed by atoms with Gasteiger partial charge in [-0.25, -0.2) is 97.5 Å². The summed E-state index contributed by atoms with van der Waals surface area (Å²) in [6.45, 7) is 25.0. The Hall–Kier alpha value is -10.5. The molecule has 0 unspecified atom stereocenters. The Labute approximate surface area is 533 Å². The van der Waals surface area contributed by atoms with E-state index >= 15 is 0 Å². The third kappa shape index (κ3) is 24.8. The molecule has 0 atom stereocenters. The van der Waals surface area contributed by atoms with E-state index in [0.29, 0.717) is 46.2 Å². The van der Waals surface area contributed by atoms with E-state index in [1.54, 1.807) is 41.5 Å². The van der Waals surface area contributed by atoms with Gasteiger partial charge in [-0.2, -0.15) is 55.9 Å². The normalized spacial score (nSPS) is 10.0. The Balaban J connectivity index is 0.000000541. The first-order chi connectivity index (χ1) is 44.2. The van der Waals surface area contributed by atoms with Crippen LogP contribution in [0.4, 0.5) is 89.4 Å². The first kappa shape index (κ1) is 83.5. The lowest BCUT2D eigenvalue weighted by Crippen LogP contribution is -2.02. The summed E-state index contributed by atoms with van der Waals surface area (Å²) in [7, 11) is 0. The minimum absolute atomic E-state index is 0.0463. The highest BCUT2D eigenvalue weighted by atomic mass is 19.2. The fraction of sp³-hybridized carbons (Fsp3) is 0.310. The second-order valence-corrected chi connectivity index (χ2v) is 19.0. The van der Waals surface area contributed by atoms with E-state index < -0.39 is 145 Å². The maximum atomic E-state index is 12.8. The molecule has 0 aliphatic carbocycles. The van der Waals surface area contributed by atoms with Gasteiger partial charge in [-0.1, -0.05) is 9.97 Å². The van der Waals surface area contributed by atoms with Gasteiger partial charge in [0, 0.05) is 47.4 Å². The fourth-order valence-corrected chi connectivity index (χ4v) is 6.30. The average molecular weight is 1380 g/mol. The summed E-state index contributed by atoms with van der Waals surface area (Å²) in [6, 6.07) is 1.85. The third-order valence-electron chi connectivity index (χ3n) is 11.5. The summed E-state index contributed by atoms with van der Waals surface area (Å²) in [5.41, 5.74) is -2.11. The standard InChI is InChI=1S/3C8H6F4.3C6H6F2N2.C6H6N4.C5H6FN3.C5H6N4O2/c1-3-5(9)7(11)4(2)8(12)6(3)10;1-3-5(9)4(2)7(11)8(12)6(3)10;1-3-4(2)6(10)8(12)7(11)5(3)9;1-3-5(7)6(8)10-4(2)9-3;1-3-5(7)9-4(2)10-6(3)8;1-3-4(2)9-6(8)10-5(3)7;1-4-8-5(2)10-6(3-7)9-4;1-3-7-4(2)9-5(6)8-3;1-3-6-4(2)8-5(7-3)9(10)11/h3*1-2H3;4*1-2H3;1-2H3;1-2H3. The largest absolute Gasteiger partial charge is 0.472 e. The highest BCUT2D eigenvalue weighted by Crippen LogP contribution is 2.25. The second-order valence-electron chi connectivity index (χ2n) is 19.0. The van der Waals surface area contributed by atoms with Crippen molar-refractivity contribution in [3.05, 3.63) is 230 Å². The van der Waals surface area contributed by atoms with Gasteiger partial charge in [-0.3, -0.25) is 0 Å². The lowest BCUT2D eigenvalue weighted by Gasteiger charge is -2.05. The van der Waals surface area contributed by atoms with Gasteiger partial charge < -0.3 is 10.1 Å². The molecule has 96 heavy (non-hydrogen) atoms. The molecular weight excluding hydrogens is 1330 g/mol. The smallest absolute Gasteiger partial charge is 0.390 e. The summed E-state index contributed by atoms with van der Waals surface area (Å²) in [5.74, 6) is -18.6.